The molecule has 0 radical (unpaired) electrons. The number of aliphatic hydroxyl groups excluding tert-OH is 1. The molecule has 0 saturated carbocycles. The maximum Gasteiger partial charge on any atom is 0.185 e. The van der Waals surface area contributed by atoms with Crippen LogP contribution in [0.2, 0.25) is 0 Å². The van der Waals surface area contributed by atoms with Gasteiger partial charge in [0.1, 0.15) is 0 Å². The zero-order valence-electron chi connectivity index (χ0n) is 10.1. The van der Waals surface area contributed by atoms with Crippen molar-refractivity contribution in [2.24, 2.45) is 5.92 Å². The lowest BCUT2D eigenvalue weighted by molar-refractivity contribution is 0.284. The van der Waals surface area contributed by atoms with E-state index in [0.717, 1.165) is 41.1 Å². The molecule has 3 nitrogen and oxygen atoms in total. The van der Waals surface area contributed by atoms with Crippen molar-refractivity contribution in [2.45, 2.75) is 39.7 Å². The molecule has 16 heavy (non-hydrogen) atoms. The summed E-state index contributed by atoms with van der Waals surface area (Å²) < 4.78 is 0. The van der Waals surface area contributed by atoms with E-state index in [2.05, 4.69) is 23.7 Å². The molecule has 90 valence electrons. The lowest BCUT2D eigenvalue weighted by Gasteiger charge is -2.29. The summed E-state index contributed by atoms with van der Waals surface area (Å²) in [6.45, 7) is 6.77. The Balaban J connectivity index is 2.11. The molecular formula is C12H20N2OS. The van der Waals surface area contributed by atoms with Gasteiger partial charge in [-0.3, -0.25) is 0 Å². The SMILES string of the molecule is CCc1nc(N2CCC(C)CC2)sc1CO. The average Bonchev–Trinajstić information content (AvgIpc) is 2.73. The van der Waals surface area contributed by atoms with Crippen molar-refractivity contribution in [2.75, 3.05) is 18.0 Å². The molecule has 0 aromatic carbocycles. The third-order valence-electron chi connectivity index (χ3n) is 3.30. The third kappa shape index (κ3) is 2.38. The van der Waals surface area contributed by atoms with Gasteiger partial charge in [0.2, 0.25) is 0 Å². The van der Waals surface area contributed by atoms with Gasteiger partial charge in [-0.15, -0.1) is 0 Å². The smallest absolute Gasteiger partial charge is 0.185 e. The molecular weight excluding hydrogens is 220 g/mol. The molecule has 0 atom stereocenters. The number of thiazole rings is 1. The molecule has 0 aliphatic carbocycles. The molecule has 2 heterocycles. The zero-order chi connectivity index (χ0) is 11.5. The van der Waals surface area contributed by atoms with E-state index in [0.29, 0.717) is 0 Å². The minimum Gasteiger partial charge on any atom is -0.391 e. The van der Waals surface area contributed by atoms with Crippen LogP contribution < -0.4 is 4.90 Å². The number of aromatic nitrogens is 1. The highest BCUT2D eigenvalue weighted by Gasteiger charge is 2.19. The van der Waals surface area contributed by atoms with Crippen molar-refractivity contribution in [3.05, 3.63) is 10.6 Å². The molecule has 1 fully saturated rings. The van der Waals surface area contributed by atoms with Crippen LogP contribution in [0.1, 0.15) is 37.3 Å². The molecule has 4 heteroatoms. The maximum absolute atomic E-state index is 9.26. The summed E-state index contributed by atoms with van der Waals surface area (Å²) in [6, 6.07) is 0. The van der Waals surface area contributed by atoms with E-state index in [9.17, 15) is 5.11 Å². The van der Waals surface area contributed by atoms with Crippen LogP contribution in [0.25, 0.3) is 0 Å². The number of hydrogen-bond donors (Lipinski definition) is 1. The summed E-state index contributed by atoms with van der Waals surface area (Å²) in [5.41, 5.74) is 1.07. The first-order valence-corrected chi connectivity index (χ1v) is 6.90. The van der Waals surface area contributed by atoms with E-state index in [1.807, 2.05) is 0 Å². The minimum atomic E-state index is 0.130. The first kappa shape index (κ1) is 11.9. The van der Waals surface area contributed by atoms with Crippen LogP contribution in [-0.2, 0) is 13.0 Å². The predicted molar refractivity (Wildman–Crippen MR) is 68.0 cm³/mol. The maximum atomic E-state index is 9.26. The van der Waals surface area contributed by atoms with Gasteiger partial charge in [-0.25, -0.2) is 4.98 Å². The summed E-state index contributed by atoms with van der Waals surface area (Å²) in [7, 11) is 0. The lowest BCUT2D eigenvalue weighted by atomic mass is 10.00. The van der Waals surface area contributed by atoms with Crippen LogP contribution in [0.5, 0.6) is 0 Å². The number of aryl methyl sites for hydroxylation is 1. The molecule has 0 bridgehead atoms. The van der Waals surface area contributed by atoms with Crippen molar-refractivity contribution < 1.29 is 5.11 Å². The topological polar surface area (TPSA) is 36.4 Å². The molecule has 2 rings (SSSR count). The molecule has 0 unspecified atom stereocenters. The highest BCUT2D eigenvalue weighted by molar-refractivity contribution is 7.15. The Morgan fingerprint density at radius 1 is 1.44 bits per heavy atom. The number of aliphatic hydroxyl groups is 1. The van der Waals surface area contributed by atoms with Gasteiger partial charge in [-0.1, -0.05) is 25.2 Å². The minimum absolute atomic E-state index is 0.130. The Kier molecular flexibility index (Phi) is 3.82. The normalized spacial score (nSPS) is 18.1. The van der Waals surface area contributed by atoms with Crippen molar-refractivity contribution >= 4 is 16.5 Å². The van der Waals surface area contributed by atoms with E-state index >= 15 is 0 Å². The fourth-order valence-electron chi connectivity index (χ4n) is 2.10. The van der Waals surface area contributed by atoms with Gasteiger partial charge in [-0.2, -0.15) is 0 Å². The second-order valence-electron chi connectivity index (χ2n) is 4.55. The quantitative estimate of drug-likeness (QED) is 0.881. The Morgan fingerprint density at radius 2 is 2.12 bits per heavy atom. The van der Waals surface area contributed by atoms with E-state index < -0.39 is 0 Å². The second-order valence-corrected chi connectivity index (χ2v) is 5.61. The fourth-order valence-corrected chi connectivity index (χ4v) is 3.16. The molecule has 1 aromatic rings. The van der Waals surface area contributed by atoms with E-state index in [1.54, 1.807) is 11.3 Å². The van der Waals surface area contributed by atoms with Crippen molar-refractivity contribution in [1.82, 2.24) is 4.98 Å². The summed E-state index contributed by atoms with van der Waals surface area (Å²) in [5.74, 6) is 0.846. The van der Waals surface area contributed by atoms with Crippen LogP contribution in [0.15, 0.2) is 0 Å². The van der Waals surface area contributed by atoms with Crippen LogP contribution in [0.3, 0.4) is 0 Å². The van der Waals surface area contributed by atoms with Gasteiger partial charge in [0.25, 0.3) is 0 Å². The second kappa shape index (κ2) is 5.15. The highest BCUT2D eigenvalue weighted by Crippen LogP contribution is 2.29. The van der Waals surface area contributed by atoms with Gasteiger partial charge >= 0.3 is 0 Å². The van der Waals surface area contributed by atoms with Crippen LogP contribution >= 0.6 is 11.3 Å². The molecule has 1 saturated heterocycles. The number of nitrogens with zero attached hydrogens (tertiary/aromatic N) is 2. The molecule has 0 spiro atoms. The monoisotopic (exact) mass is 240 g/mol. The lowest BCUT2D eigenvalue weighted by Crippen LogP contribution is -2.32. The van der Waals surface area contributed by atoms with Crippen LogP contribution in [-0.4, -0.2) is 23.2 Å². The number of anilines is 1. The van der Waals surface area contributed by atoms with Crippen molar-refractivity contribution in [3.63, 3.8) is 0 Å². The molecule has 1 aliphatic heterocycles. The number of hydrogen-bond acceptors (Lipinski definition) is 4. The summed E-state index contributed by atoms with van der Waals surface area (Å²) >= 11 is 1.66. The summed E-state index contributed by atoms with van der Waals surface area (Å²) in [4.78, 5) is 8.03. The highest BCUT2D eigenvalue weighted by atomic mass is 32.1. The predicted octanol–water partition coefficient (Wildman–Crippen LogP) is 2.43. The third-order valence-corrected chi connectivity index (χ3v) is 4.44. The Bertz CT molecular complexity index is 321. The number of rotatable bonds is 3. The summed E-state index contributed by atoms with van der Waals surface area (Å²) in [5, 5.41) is 10.4. The van der Waals surface area contributed by atoms with Gasteiger partial charge < -0.3 is 10.0 Å². The first-order valence-electron chi connectivity index (χ1n) is 6.09. The van der Waals surface area contributed by atoms with Crippen LogP contribution in [0.4, 0.5) is 5.13 Å². The standard InChI is InChI=1S/C12H20N2OS/c1-3-10-11(8-15)16-12(13-10)14-6-4-9(2)5-7-14/h9,15H,3-8H2,1-2H3. The molecule has 0 amide bonds. The molecule has 1 aromatic heterocycles. The largest absolute Gasteiger partial charge is 0.391 e. The van der Waals surface area contributed by atoms with Crippen LogP contribution in [0, 0.1) is 5.92 Å². The van der Waals surface area contributed by atoms with Gasteiger partial charge in [0, 0.05) is 13.1 Å². The number of piperidine rings is 1. The van der Waals surface area contributed by atoms with Gasteiger partial charge in [0.05, 0.1) is 17.2 Å². The zero-order valence-corrected chi connectivity index (χ0v) is 10.9. The fraction of sp³-hybridized carbons (Fsp3) is 0.750. The first-order chi connectivity index (χ1) is 7.74. The summed E-state index contributed by atoms with van der Waals surface area (Å²) in [6.07, 6.45) is 3.43. The van der Waals surface area contributed by atoms with Gasteiger partial charge in [-0.05, 0) is 25.2 Å². The molecule has 1 aliphatic rings. The van der Waals surface area contributed by atoms with Crippen molar-refractivity contribution in [1.29, 1.82) is 0 Å². The average molecular weight is 240 g/mol. The Labute approximate surface area is 101 Å². The van der Waals surface area contributed by atoms with E-state index in [1.165, 1.54) is 12.8 Å². The van der Waals surface area contributed by atoms with E-state index in [-0.39, 0.29) is 6.61 Å². The Morgan fingerprint density at radius 3 is 2.62 bits per heavy atom. The Hall–Kier alpha value is -0.610. The molecule has 1 N–H and O–H groups in total. The van der Waals surface area contributed by atoms with Gasteiger partial charge in [0.15, 0.2) is 5.13 Å². The van der Waals surface area contributed by atoms with E-state index in [4.69, 9.17) is 0 Å². The van der Waals surface area contributed by atoms with Crippen molar-refractivity contribution in [3.8, 4) is 0 Å².